The van der Waals surface area contributed by atoms with Crippen molar-refractivity contribution < 1.29 is 14.3 Å². The van der Waals surface area contributed by atoms with Gasteiger partial charge in [-0.25, -0.2) is 9.78 Å². The molecule has 2 aromatic rings. The standard InChI is InChI=1S/C15H18N4O3S/c1-15(2,3)22-14(21)18-9-4-5-11(10(16)6-9)19-13(20)12-7-23-8-17-12/h4-8H,16H2,1-3H3,(H,18,21)(H,19,20). The summed E-state index contributed by atoms with van der Waals surface area (Å²) in [5, 5.41) is 6.89. The van der Waals surface area contributed by atoms with E-state index in [9.17, 15) is 9.59 Å². The largest absolute Gasteiger partial charge is 0.444 e. The fourth-order valence-corrected chi connectivity index (χ4v) is 2.22. The number of hydrogen-bond donors (Lipinski definition) is 3. The van der Waals surface area contributed by atoms with Gasteiger partial charge in [0.25, 0.3) is 5.91 Å². The average Bonchev–Trinajstić information content (AvgIpc) is 2.93. The Morgan fingerprint density at radius 2 is 2.00 bits per heavy atom. The van der Waals surface area contributed by atoms with Crippen molar-refractivity contribution in [1.29, 1.82) is 0 Å². The fourth-order valence-electron chi connectivity index (χ4n) is 1.69. The van der Waals surface area contributed by atoms with Crippen LogP contribution in [0.1, 0.15) is 31.3 Å². The van der Waals surface area contributed by atoms with Gasteiger partial charge in [0.05, 0.1) is 16.9 Å². The van der Waals surface area contributed by atoms with Gasteiger partial charge in [0.2, 0.25) is 0 Å². The summed E-state index contributed by atoms with van der Waals surface area (Å²) < 4.78 is 5.16. The van der Waals surface area contributed by atoms with E-state index < -0.39 is 11.7 Å². The second kappa shape index (κ2) is 6.66. The van der Waals surface area contributed by atoms with E-state index in [1.165, 1.54) is 11.3 Å². The molecule has 0 spiro atoms. The number of amides is 2. The molecule has 1 heterocycles. The van der Waals surface area contributed by atoms with E-state index in [2.05, 4.69) is 15.6 Å². The van der Waals surface area contributed by atoms with Gasteiger partial charge in [-0.15, -0.1) is 11.3 Å². The molecule has 0 saturated carbocycles. The van der Waals surface area contributed by atoms with Crippen LogP contribution in [0.15, 0.2) is 29.1 Å². The van der Waals surface area contributed by atoms with Gasteiger partial charge in [-0.1, -0.05) is 0 Å². The van der Waals surface area contributed by atoms with Crippen LogP contribution in [-0.4, -0.2) is 22.6 Å². The van der Waals surface area contributed by atoms with Crippen molar-refractivity contribution in [3.63, 3.8) is 0 Å². The zero-order chi connectivity index (χ0) is 17.0. The van der Waals surface area contributed by atoms with Gasteiger partial charge in [-0.05, 0) is 39.0 Å². The van der Waals surface area contributed by atoms with Crippen molar-refractivity contribution in [2.24, 2.45) is 0 Å². The number of aromatic nitrogens is 1. The van der Waals surface area contributed by atoms with Crippen LogP contribution in [-0.2, 0) is 4.74 Å². The van der Waals surface area contributed by atoms with Crippen molar-refractivity contribution >= 4 is 40.4 Å². The Labute approximate surface area is 137 Å². The Hall–Kier alpha value is -2.61. The quantitative estimate of drug-likeness (QED) is 0.747. The van der Waals surface area contributed by atoms with E-state index in [1.807, 2.05) is 0 Å². The molecule has 0 aliphatic rings. The molecule has 7 nitrogen and oxygen atoms in total. The molecule has 8 heteroatoms. The third kappa shape index (κ3) is 4.96. The summed E-state index contributed by atoms with van der Waals surface area (Å²) in [6, 6.07) is 4.77. The summed E-state index contributed by atoms with van der Waals surface area (Å²) in [4.78, 5) is 27.6. The van der Waals surface area contributed by atoms with Gasteiger partial charge in [0, 0.05) is 11.1 Å². The van der Waals surface area contributed by atoms with E-state index in [0.717, 1.165) is 0 Å². The fraction of sp³-hybridized carbons (Fsp3) is 0.267. The monoisotopic (exact) mass is 334 g/mol. The molecule has 0 aliphatic heterocycles. The van der Waals surface area contributed by atoms with E-state index in [4.69, 9.17) is 10.5 Å². The minimum absolute atomic E-state index is 0.321. The normalized spacial score (nSPS) is 10.9. The van der Waals surface area contributed by atoms with Gasteiger partial charge < -0.3 is 15.8 Å². The van der Waals surface area contributed by atoms with E-state index in [0.29, 0.717) is 22.8 Å². The lowest BCUT2D eigenvalue weighted by Gasteiger charge is -2.20. The van der Waals surface area contributed by atoms with Crippen LogP contribution in [0, 0.1) is 0 Å². The summed E-state index contributed by atoms with van der Waals surface area (Å²) in [7, 11) is 0. The average molecular weight is 334 g/mol. The van der Waals surface area contributed by atoms with Crippen molar-refractivity contribution in [3.05, 3.63) is 34.8 Å². The number of anilines is 3. The number of nitrogens with two attached hydrogens (primary N) is 1. The number of thiazole rings is 1. The highest BCUT2D eigenvalue weighted by atomic mass is 32.1. The lowest BCUT2D eigenvalue weighted by molar-refractivity contribution is 0.0635. The molecule has 2 rings (SSSR count). The van der Waals surface area contributed by atoms with Crippen LogP contribution in [0.3, 0.4) is 0 Å². The maximum atomic E-state index is 11.9. The molecule has 0 radical (unpaired) electrons. The number of carbonyl (C=O) groups is 2. The first-order valence-corrected chi connectivity index (χ1v) is 7.78. The minimum atomic E-state index is -0.586. The van der Waals surface area contributed by atoms with Crippen molar-refractivity contribution in [2.45, 2.75) is 26.4 Å². The van der Waals surface area contributed by atoms with Crippen LogP contribution in [0.4, 0.5) is 21.9 Å². The molecule has 0 fully saturated rings. The summed E-state index contributed by atoms with van der Waals surface area (Å²) in [6.45, 7) is 5.33. The Bertz CT molecular complexity index is 708. The Balaban J connectivity index is 2.03. The summed E-state index contributed by atoms with van der Waals surface area (Å²) >= 11 is 1.33. The maximum Gasteiger partial charge on any atom is 0.412 e. The minimum Gasteiger partial charge on any atom is -0.444 e. The van der Waals surface area contributed by atoms with E-state index in [-0.39, 0.29) is 5.91 Å². The number of hydrogen-bond acceptors (Lipinski definition) is 6. The predicted molar refractivity (Wildman–Crippen MR) is 90.8 cm³/mol. The van der Waals surface area contributed by atoms with Crippen LogP contribution in [0.25, 0.3) is 0 Å². The first-order valence-electron chi connectivity index (χ1n) is 6.84. The highest BCUT2D eigenvalue weighted by Gasteiger charge is 2.16. The first kappa shape index (κ1) is 16.8. The molecule has 1 aromatic carbocycles. The molecule has 1 aromatic heterocycles. The van der Waals surface area contributed by atoms with Crippen LogP contribution in [0.5, 0.6) is 0 Å². The van der Waals surface area contributed by atoms with E-state index >= 15 is 0 Å². The molecule has 0 bridgehead atoms. The Morgan fingerprint density at radius 3 is 2.57 bits per heavy atom. The molecule has 0 aliphatic carbocycles. The zero-order valence-corrected chi connectivity index (χ0v) is 13.9. The van der Waals surface area contributed by atoms with Crippen molar-refractivity contribution in [1.82, 2.24) is 4.98 Å². The van der Waals surface area contributed by atoms with Gasteiger partial charge in [-0.3, -0.25) is 10.1 Å². The van der Waals surface area contributed by atoms with Crippen LogP contribution in [0.2, 0.25) is 0 Å². The SMILES string of the molecule is CC(C)(C)OC(=O)Nc1ccc(NC(=O)c2cscn2)c(N)c1. The molecule has 2 amide bonds. The molecule has 4 N–H and O–H groups in total. The van der Waals surface area contributed by atoms with Crippen LogP contribution >= 0.6 is 11.3 Å². The molecular weight excluding hydrogens is 316 g/mol. The Kier molecular flexibility index (Phi) is 4.85. The third-order valence-corrected chi connectivity index (χ3v) is 3.20. The van der Waals surface area contributed by atoms with Gasteiger partial charge in [-0.2, -0.15) is 0 Å². The number of carbonyl (C=O) groups excluding carboxylic acids is 2. The first-order chi connectivity index (χ1) is 10.7. The highest BCUT2D eigenvalue weighted by molar-refractivity contribution is 7.07. The molecular formula is C15H18N4O3S. The number of nitrogens with zero attached hydrogens (tertiary/aromatic N) is 1. The van der Waals surface area contributed by atoms with Crippen molar-refractivity contribution in [2.75, 3.05) is 16.4 Å². The van der Waals surface area contributed by atoms with Gasteiger partial charge in [0.15, 0.2) is 0 Å². The van der Waals surface area contributed by atoms with Gasteiger partial charge >= 0.3 is 6.09 Å². The molecule has 122 valence electrons. The lowest BCUT2D eigenvalue weighted by atomic mass is 10.2. The number of benzene rings is 1. The van der Waals surface area contributed by atoms with Crippen molar-refractivity contribution in [3.8, 4) is 0 Å². The second-order valence-electron chi connectivity index (χ2n) is 5.76. The summed E-state index contributed by atoms with van der Waals surface area (Å²) in [6.07, 6.45) is -0.573. The molecule has 0 atom stereocenters. The molecule has 0 unspecified atom stereocenters. The Morgan fingerprint density at radius 1 is 1.26 bits per heavy atom. The van der Waals surface area contributed by atoms with E-state index in [1.54, 1.807) is 49.9 Å². The highest BCUT2D eigenvalue weighted by Crippen LogP contribution is 2.24. The molecule has 23 heavy (non-hydrogen) atoms. The third-order valence-electron chi connectivity index (χ3n) is 2.61. The number of rotatable bonds is 3. The zero-order valence-electron chi connectivity index (χ0n) is 13.0. The van der Waals surface area contributed by atoms with Crippen LogP contribution < -0.4 is 16.4 Å². The number of nitrogens with one attached hydrogen (secondary N) is 2. The number of nitrogen functional groups attached to an aromatic ring is 1. The smallest absolute Gasteiger partial charge is 0.412 e. The predicted octanol–water partition coefficient (Wildman–Crippen LogP) is 3.32. The van der Waals surface area contributed by atoms with Gasteiger partial charge in [0.1, 0.15) is 11.3 Å². The lowest BCUT2D eigenvalue weighted by Crippen LogP contribution is -2.27. The maximum absolute atomic E-state index is 11.9. The topological polar surface area (TPSA) is 106 Å². The number of ether oxygens (including phenoxy) is 1. The molecule has 0 saturated heterocycles. The summed E-state index contributed by atoms with van der Waals surface area (Å²) in [5.41, 5.74) is 8.45. The second-order valence-corrected chi connectivity index (χ2v) is 6.48. The summed E-state index contributed by atoms with van der Waals surface area (Å²) in [5.74, 6) is -0.342.